The summed E-state index contributed by atoms with van der Waals surface area (Å²) in [6, 6.07) is 9.42. The average molecular weight is 333 g/mol. The second kappa shape index (κ2) is 5.19. The molecule has 1 aromatic carbocycles. The SMILES string of the molecule is Brc1cn(CCNC(C2CC2)C2CC2)c2ccccc12. The minimum absolute atomic E-state index is 0.806. The Hall–Kier alpha value is -0.800. The summed E-state index contributed by atoms with van der Waals surface area (Å²) < 4.78 is 3.57. The van der Waals surface area contributed by atoms with E-state index in [0.29, 0.717) is 0 Å². The molecule has 2 nitrogen and oxygen atoms in total. The van der Waals surface area contributed by atoms with Gasteiger partial charge in [-0.1, -0.05) is 18.2 Å². The maximum Gasteiger partial charge on any atom is 0.0492 e. The third kappa shape index (κ3) is 2.53. The molecule has 1 N–H and O–H groups in total. The first-order valence-corrected chi connectivity index (χ1v) is 8.59. The molecule has 0 spiro atoms. The Labute approximate surface area is 128 Å². The number of benzene rings is 1. The number of hydrogen-bond acceptors (Lipinski definition) is 1. The van der Waals surface area contributed by atoms with E-state index in [4.69, 9.17) is 0 Å². The lowest BCUT2D eigenvalue weighted by Gasteiger charge is -2.18. The van der Waals surface area contributed by atoms with Crippen molar-refractivity contribution >= 4 is 26.8 Å². The van der Waals surface area contributed by atoms with Crippen LogP contribution >= 0.6 is 15.9 Å². The number of hydrogen-bond donors (Lipinski definition) is 1. The topological polar surface area (TPSA) is 17.0 Å². The number of rotatable bonds is 6. The van der Waals surface area contributed by atoms with E-state index in [1.807, 2.05) is 0 Å². The summed E-state index contributed by atoms with van der Waals surface area (Å²) in [7, 11) is 0. The Kier molecular flexibility index (Phi) is 3.35. The summed E-state index contributed by atoms with van der Waals surface area (Å²) in [5.74, 6) is 1.96. The van der Waals surface area contributed by atoms with Crippen molar-refractivity contribution in [3.05, 3.63) is 34.9 Å². The van der Waals surface area contributed by atoms with E-state index in [2.05, 4.69) is 56.3 Å². The summed E-state index contributed by atoms with van der Waals surface area (Å²) in [6.07, 6.45) is 8.02. The van der Waals surface area contributed by atoms with Gasteiger partial charge >= 0.3 is 0 Å². The van der Waals surface area contributed by atoms with Crippen LogP contribution in [0.25, 0.3) is 10.9 Å². The van der Waals surface area contributed by atoms with Crippen molar-refractivity contribution in [2.75, 3.05) is 6.54 Å². The minimum Gasteiger partial charge on any atom is -0.345 e. The molecular formula is C17H21BrN2. The first kappa shape index (κ1) is 12.9. The summed E-state index contributed by atoms with van der Waals surface area (Å²) in [4.78, 5) is 0. The maximum absolute atomic E-state index is 3.83. The summed E-state index contributed by atoms with van der Waals surface area (Å²) in [6.45, 7) is 2.14. The van der Waals surface area contributed by atoms with Crippen LogP contribution in [0.2, 0.25) is 0 Å². The molecule has 1 aromatic heterocycles. The molecule has 20 heavy (non-hydrogen) atoms. The standard InChI is InChI=1S/C17H21BrN2/c18-15-11-20(16-4-2-1-3-14(15)16)10-9-19-17(12-5-6-12)13-7-8-13/h1-4,11-13,17,19H,5-10H2. The van der Waals surface area contributed by atoms with Crippen molar-refractivity contribution in [1.29, 1.82) is 0 Å². The van der Waals surface area contributed by atoms with Gasteiger partial charge in [-0.15, -0.1) is 0 Å². The van der Waals surface area contributed by atoms with Crippen LogP contribution in [0.3, 0.4) is 0 Å². The van der Waals surface area contributed by atoms with E-state index >= 15 is 0 Å². The number of nitrogens with one attached hydrogen (secondary N) is 1. The van der Waals surface area contributed by atoms with Crippen LogP contribution in [-0.4, -0.2) is 17.2 Å². The molecule has 2 aliphatic carbocycles. The van der Waals surface area contributed by atoms with Gasteiger partial charge in [-0.25, -0.2) is 0 Å². The van der Waals surface area contributed by atoms with Crippen LogP contribution in [0, 0.1) is 11.8 Å². The quantitative estimate of drug-likeness (QED) is 0.839. The molecule has 0 aliphatic heterocycles. The van der Waals surface area contributed by atoms with Crippen molar-refractivity contribution in [2.24, 2.45) is 11.8 Å². The molecule has 2 aromatic rings. The second-order valence-electron chi connectivity index (χ2n) is 6.34. The van der Waals surface area contributed by atoms with Crippen LogP contribution < -0.4 is 5.32 Å². The van der Waals surface area contributed by atoms with Crippen LogP contribution in [0.15, 0.2) is 34.9 Å². The van der Waals surface area contributed by atoms with E-state index in [-0.39, 0.29) is 0 Å². The minimum atomic E-state index is 0.806. The molecule has 2 saturated carbocycles. The lowest BCUT2D eigenvalue weighted by molar-refractivity contribution is 0.408. The predicted octanol–water partition coefficient (Wildman–Crippen LogP) is 4.18. The molecule has 106 valence electrons. The molecule has 2 aliphatic rings. The van der Waals surface area contributed by atoms with Gasteiger partial charge in [-0.3, -0.25) is 0 Å². The van der Waals surface area contributed by atoms with Crippen molar-refractivity contribution in [2.45, 2.75) is 38.3 Å². The van der Waals surface area contributed by atoms with Gasteiger partial charge in [-0.2, -0.15) is 0 Å². The third-order valence-corrected chi connectivity index (χ3v) is 5.36. The number of aromatic nitrogens is 1. The van der Waals surface area contributed by atoms with Crippen molar-refractivity contribution in [3.63, 3.8) is 0 Å². The van der Waals surface area contributed by atoms with Crippen LogP contribution in [-0.2, 0) is 6.54 Å². The van der Waals surface area contributed by atoms with E-state index in [1.165, 1.54) is 41.1 Å². The Morgan fingerprint density at radius 3 is 2.55 bits per heavy atom. The van der Waals surface area contributed by atoms with E-state index in [0.717, 1.165) is 31.0 Å². The Bertz CT molecular complexity index is 598. The van der Waals surface area contributed by atoms with Crippen molar-refractivity contribution < 1.29 is 0 Å². The fourth-order valence-corrected chi connectivity index (χ4v) is 3.95. The number of nitrogens with zero attached hydrogens (tertiary/aromatic N) is 1. The molecule has 2 fully saturated rings. The zero-order valence-corrected chi connectivity index (χ0v) is 13.3. The highest BCUT2D eigenvalue weighted by molar-refractivity contribution is 9.10. The summed E-state index contributed by atoms with van der Waals surface area (Å²) in [5.41, 5.74) is 1.33. The molecule has 0 unspecified atom stereocenters. The number of halogens is 1. The van der Waals surface area contributed by atoms with Gasteiger partial charge in [0.05, 0.1) is 0 Å². The molecule has 0 bridgehead atoms. The molecule has 1 heterocycles. The van der Waals surface area contributed by atoms with Crippen LogP contribution in [0.1, 0.15) is 25.7 Å². The first-order valence-electron chi connectivity index (χ1n) is 7.79. The van der Waals surface area contributed by atoms with Crippen molar-refractivity contribution in [3.8, 4) is 0 Å². The third-order valence-electron chi connectivity index (χ3n) is 4.73. The largest absolute Gasteiger partial charge is 0.345 e. The van der Waals surface area contributed by atoms with Gasteiger partial charge in [0.15, 0.2) is 0 Å². The highest BCUT2D eigenvalue weighted by Gasteiger charge is 2.40. The van der Waals surface area contributed by atoms with Gasteiger partial charge in [0.2, 0.25) is 0 Å². The number of fused-ring (bicyclic) bond motifs is 1. The molecule has 0 radical (unpaired) electrons. The Morgan fingerprint density at radius 2 is 1.85 bits per heavy atom. The Morgan fingerprint density at radius 1 is 1.15 bits per heavy atom. The van der Waals surface area contributed by atoms with Crippen LogP contribution in [0.5, 0.6) is 0 Å². The van der Waals surface area contributed by atoms with Gasteiger partial charge in [-0.05, 0) is 59.5 Å². The zero-order valence-electron chi connectivity index (χ0n) is 11.7. The van der Waals surface area contributed by atoms with Crippen molar-refractivity contribution in [1.82, 2.24) is 9.88 Å². The summed E-state index contributed by atoms with van der Waals surface area (Å²) in [5, 5.41) is 5.14. The molecule has 4 rings (SSSR count). The molecule has 0 saturated heterocycles. The number of para-hydroxylation sites is 1. The average Bonchev–Trinajstić information content (AvgIpc) is 3.36. The van der Waals surface area contributed by atoms with Crippen LogP contribution in [0.4, 0.5) is 0 Å². The van der Waals surface area contributed by atoms with E-state index in [9.17, 15) is 0 Å². The fourth-order valence-electron chi connectivity index (χ4n) is 3.37. The monoisotopic (exact) mass is 332 g/mol. The van der Waals surface area contributed by atoms with E-state index < -0.39 is 0 Å². The highest BCUT2D eigenvalue weighted by Crippen LogP contribution is 2.44. The van der Waals surface area contributed by atoms with Gasteiger partial charge < -0.3 is 9.88 Å². The van der Waals surface area contributed by atoms with Gasteiger partial charge in [0.25, 0.3) is 0 Å². The molecule has 3 heteroatoms. The fraction of sp³-hybridized carbons (Fsp3) is 0.529. The smallest absolute Gasteiger partial charge is 0.0492 e. The lowest BCUT2D eigenvalue weighted by atomic mass is 10.1. The first-order chi connectivity index (χ1) is 9.83. The second-order valence-corrected chi connectivity index (χ2v) is 7.20. The summed E-state index contributed by atoms with van der Waals surface area (Å²) >= 11 is 3.66. The van der Waals surface area contributed by atoms with Gasteiger partial charge in [0, 0.05) is 40.7 Å². The molecular weight excluding hydrogens is 312 g/mol. The van der Waals surface area contributed by atoms with E-state index in [1.54, 1.807) is 0 Å². The molecule has 0 amide bonds. The van der Waals surface area contributed by atoms with Gasteiger partial charge in [0.1, 0.15) is 0 Å². The Balaban J connectivity index is 1.42. The lowest BCUT2D eigenvalue weighted by Crippen LogP contribution is -2.35. The maximum atomic E-state index is 3.83. The normalized spacial score (nSPS) is 19.1. The molecule has 0 atom stereocenters. The zero-order chi connectivity index (χ0) is 13.5. The highest BCUT2D eigenvalue weighted by atomic mass is 79.9. The predicted molar refractivity (Wildman–Crippen MR) is 86.9 cm³/mol.